The highest BCUT2D eigenvalue weighted by atomic mass is 32.2. The Hall–Kier alpha value is -2.00. The third-order valence-electron chi connectivity index (χ3n) is 3.75. The number of hydrogen-bond donors (Lipinski definition) is 2. The normalized spacial score (nSPS) is 11.7. The first-order chi connectivity index (χ1) is 11.3. The molecule has 2 N–H and O–H groups in total. The summed E-state index contributed by atoms with van der Waals surface area (Å²) in [7, 11) is -3.17. The van der Waals surface area contributed by atoms with E-state index in [1.807, 2.05) is 33.8 Å². The van der Waals surface area contributed by atoms with Gasteiger partial charge < -0.3 is 5.32 Å². The van der Waals surface area contributed by atoms with Gasteiger partial charge in [-0.25, -0.2) is 17.8 Å². The Kier molecular flexibility index (Phi) is 5.89. The molecule has 0 spiro atoms. The number of aryl methyl sites for hydroxylation is 1. The molecule has 0 unspecified atom stereocenters. The van der Waals surface area contributed by atoms with Crippen molar-refractivity contribution >= 4 is 15.8 Å². The fourth-order valence-corrected chi connectivity index (χ4v) is 3.31. The molecule has 2 rings (SSSR count). The van der Waals surface area contributed by atoms with Crippen molar-refractivity contribution in [2.75, 3.05) is 24.2 Å². The number of nitrogens with one attached hydrogen (secondary N) is 2. The molecule has 24 heavy (non-hydrogen) atoms. The van der Waals surface area contributed by atoms with Crippen molar-refractivity contribution in [2.24, 2.45) is 0 Å². The maximum Gasteiger partial charge on any atom is 0.211 e. The van der Waals surface area contributed by atoms with Gasteiger partial charge in [0, 0.05) is 18.8 Å². The Bertz CT molecular complexity index is 783. The van der Waals surface area contributed by atoms with Crippen LogP contribution in [-0.2, 0) is 10.0 Å². The molecule has 0 bridgehead atoms. The van der Waals surface area contributed by atoms with Gasteiger partial charge in [-0.1, -0.05) is 6.92 Å². The summed E-state index contributed by atoms with van der Waals surface area (Å²) in [6.45, 7) is 8.56. The molecule has 0 saturated heterocycles. The third-order valence-corrected chi connectivity index (χ3v) is 5.34. The largest absolute Gasteiger partial charge is 0.367 e. The van der Waals surface area contributed by atoms with Crippen LogP contribution in [-0.4, -0.2) is 47.2 Å². The molecule has 9 heteroatoms. The standard InChI is InChI=1S/C15H24N6O2S/c1-5-10-24(22,23)17-9-8-16-14-6-7-15(19-18-14)21-13(4)11(2)12(3)20-21/h6-7,17H,5,8-10H2,1-4H3,(H,16,18). The minimum Gasteiger partial charge on any atom is -0.367 e. The topological polar surface area (TPSA) is 102 Å². The monoisotopic (exact) mass is 352 g/mol. The van der Waals surface area contributed by atoms with Crippen LogP contribution in [0.2, 0.25) is 0 Å². The molecule has 132 valence electrons. The van der Waals surface area contributed by atoms with E-state index in [0.717, 1.165) is 17.0 Å². The van der Waals surface area contributed by atoms with E-state index in [1.54, 1.807) is 10.7 Å². The molecule has 2 aromatic heterocycles. The number of sulfonamides is 1. The van der Waals surface area contributed by atoms with Gasteiger partial charge in [0.25, 0.3) is 0 Å². The number of anilines is 1. The van der Waals surface area contributed by atoms with E-state index in [4.69, 9.17) is 0 Å². The first-order valence-electron chi connectivity index (χ1n) is 7.92. The average Bonchev–Trinajstić information content (AvgIpc) is 2.80. The Morgan fingerprint density at radius 2 is 1.88 bits per heavy atom. The van der Waals surface area contributed by atoms with Crippen LogP contribution in [0.3, 0.4) is 0 Å². The Labute approximate surface area is 142 Å². The van der Waals surface area contributed by atoms with Crippen LogP contribution in [0, 0.1) is 20.8 Å². The van der Waals surface area contributed by atoms with Gasteiger partial charge >= 0.3 is 0 Å². The van der Waals surface area contributed by atoms with Gasteiger partial charge in [-0.3, -0.25) is 0 Å². The molecule has 2 aromatic rings. The summed E-state index contributed by atoms with van der Waals surface area (Å²) in [5.74, 6) is 1.38. The van der Waals surface area contributed by atoms with Crippen molar-refractivity contribution in [1.29, 1.82) is 0 Å². The van der Waals surface area contributed by atoms with Gasteiger partial charge in [-0.2, -0.15) is 5.10 Å². The summed E-state index contributed by atoms with van der Waals surface area (Å²) < 4.78 is 27.4. The second kappa shape index (κ2) is 7.71. The lowest BCUT2D eigenvalue weighted by molar-refractivity contribution is 0.581. The SMILES string of the molecule is CCCS(=O)(=O)NCCNc1ccc(-n2nc(C)c(C)c2C)nn1. The van der Waals surface area contributed by atoms with E-state index in [1.165, 1.54) is 0 Å². The molecule has 0 saturated carbocycles. The fraction of sp³-hybridized carbons (Fsp3) is 0.533. The minimum absolute atomic E-state index is 0.142. The Morgan fingerprint density at radius 3 is 2.42 bits per heavy atom. The van der Waals surface area contributed by atoms with Crippen LogP contribution >= 0.6 is 0 Å². The molecule has 0 aliphatic rings. The highest BCUT2D eigenvalue weighted by Crippen LogP contribution is 2.15. The van der Waals surface area contributed by atoms with E-state index in [0.29, 0.717) is 31.1 Å². The predicted octanol–water partition coefficient (Wildman–Crippen LogP) is 1.33. The molecule has 0 fully saturated rings. The van der Waals surface area contributed by atoms with Crippen molar-refractivity contribution in [3.8, 4) is 5.82 Å². The maximum absolute atomic E-state index is 11.5. The van der Waals surface area contributed by atoms with E-state index in [2.05, 4.69) is 25.3 Å². The molecule has 0 aliphatic heterocycles. The number of aromatic nitrogens is 4. The highest BCUT2D eigenvalue weighted by molar-refractivity contribution is 7.89. The van der Waals surface area contributed by atoms with Crippen molar-refractivity contribution in [2.45, 2.75) is 34.1 Å². The first-order valence-corrected chi connectivity index (χ1v) is 9.57. The van der Waals surface area contributed by atoms with E-state index < -0.39 is 10.0 Å². The smallest absolute Gasteiger partial charge is 0.211 e. The summed E-state index contributed by atoms with van der Waals surface area (Å²) >= 11 is 0. The average molecular weight is 352 g/mol. The predicted molar refractivity (Wildman–Crippen MR) is 93.9 cm³/mol. The fourth-order valence-electron chi connectivity index (χ4n) is 2.21. The lowest BCUT2D eigenvalue weighted by Crippen LogP contribution is -2.30. The number of rotatable bonds is 8. The van der Waals surface area contributed by atoms with Gasteiger partial charge in [0.1, 0.15) is 5.82 Å². The van der Waals surface area contributed by atoms with Crippen molar-refractivity contribution in [3.05, 3.63) is 29.1 Å². The molecule has 2 heterocycles. The summed E-state index contributed by atoms with van der Waals surface area (Å²) in [5, 5.41) is 15.8. The van der Waals surface area contributed by atoms with Gasteiger partial charge in [0.05, 0.1) is 11.4 Å². The summed E-state index contributed by atoms with van der Waals surface area (Å²) in [6.07, 6.45) is 0.599. The second-order valence-corrected chi connectivity index (χ2v) is 7.55. The zero-order valence-corrected chi connectivity index (χ0v) is 15.3. The summed E-state index contributed by atoms with van der Waals surface area (Å²) in [4.78, 5) is 0. The highest BCUT2D eigenvalue weighted by Gasteiger charge is 2.10. The molecule has 0 radical (unpaired) electrons. The Balaban J connectivity index is 1.92. The molecule has 0 amide bonds. The number of hydrogen-bond acceptors (Lipinski definition) is 6. The zero-order chi connectivity index (χ0) is 17.7. The molecular formula is C15H24N6O2S. The van der Waals surface area contributed by atoms with E-state index in [-0.39, 0.29) is 5.75 Å². The van der Waals surface area contributed by atoms with Crippen LogP contribution in [0.4, 0.5) is 5.82 Å². The van der Waals surface area contributed by atoms with Crippen molar-refractivity contribution in [1.82, 2.24) is 24.7 Å². The Morgan fingerprint density at radius 1 is 1.12 bits per heavy atom. The van der Waals surface area contributed by atoms with Crippen molar-refractivity contribution in [3.63, 3.8) is 0 Å². The quantitative estimate of drug-likeness (QED) is 0.695. The lowest BCUT2D eigenvalue weighted by atomic mass is 10.2. The summed E-state index contributed by atoms with van der Waals surface area (Å²) in [6, 6.07) is 3.63. The number of nitrogens with zero attached hydrogens (tertiary/aromatic N) is 4. The van der Waals surface area contributed by atoms with E-state index >= 15 is 0 Å². The van der Waals surface area contributed by atoms with Gasteiger partial charge in [0.2, 0.25) is 10.0 Å². The van der Waals surface area contributed by atoms with Gasteiger partial charge in [-0.05, 0) is 44.9 Å². The third kappa shape index (κ3) is 4.51. The van der Waals surface area contributed by atoms with Crippen LogP contribution < -0.4 is 10.0 Å². The molecule has 0 aliphatic carbocycles. The van der Waals surface area contributed by atoms with Crippen LogP contribution in [0.25, 0.3) is 5.82 Å². The molecule has 8 nitrogen and oxygen atoms in total. The maximum atomic E-state index is 11.5. The molecule has 0 atom stereocenters. The van der Waals surface area contributed by atoms with Crippen LogP contribution in [0.15, 0.2) is 12.1 Å². The summed E-state index contributed by atoms with van der Waals surface area (Å²) in [5.41, 5.74) is 3.14. The van der Waals surface area contributed by atoms with Gasteiger partial charge in [0.15, 0.2) is 5.82 Å². The van der Waals surface area contributed by atoms with Gasteiger partial charge in [-0.15, -0.1) is 10.2 Å². The van der Waals surface area contributed by atoms with Crippen LogP contribution in [0.5, 0.6) is 0 Å². The molecular weight excluding hydrogens is 328 g/mol. The minimum atomic E-state index is -3.17. The van der Waals surface area contributed by atoms with Crippen molar-refractivity contribution < 1.29 is 8.42 Å². The first kappa shape index (κ1) is 18.3. The second-order valence-electron chi connectivity index (χ2n) is 5.62. The van der Waals surface area contributed by atoms with Crippen LogP contribution in [0.1, 0.15) is 30.3 Å². The lowest BCUT2D eigenvalue weighted by Gasteiger charge is -2.08. The molecule has 0 aromatic carbocycles. The zero-order valence-electron chi connectivity index (χ0n) is 14.5. The van der Waals surface area contributed by atoms with E-state index in [9.17, 15) is 8.42 Å².